The van der Waals surface area contributed by atoms with Crippen LogP contribution in [0.3, 0.4) is 0 Å². The maximum atomic E-state index is 12.8. The zero-order valence-electron chi connectivity index (χ0n) is 18.2. The molecule has 3 aromatic rings. The van der Waals surface area contributed by atoms with E-state index in [1.165, 1.54) is 16.9 Å². The molecule has 0 aliphatic heterocycles. The predicted octanol–water partition coefficient (Wildman–Crippen LogP) is 3.94. The van der Waals surface area contributed by atoms with Crippen molar-refractivity contribution in [2.24, 2.45) is 0 Å². The third kappa shape index (κ3) is 6.03. The fraction of sp³-hybridized carbons (Fsp3) is 0.280. The number of likely N-dealkylation sites (N-methyl/N-ethyl adjacent to an activating group) is 1. The zero-order chi connectivity index (χ0) is 22.2. The van der Waals surface area contributed by atoms with Crippen molar-refractivity contribution in [3.63, 3.8) is 0 Å². The Labute approximate surface area is 187 Å². The molecule has 0 fully saturated rings. The quantitative estimate of drug-likeness (QED) is 0.499. The lowest BCUT2D eigenvalue weighted by Crippen LogP contribution is -3.11. The Hall–Kier alpha value is -2.96. The van der Waals surface area contributed by atoms with Crippen LogP contribution >= 0.6 is 11.3 Å². The van der Waals surface area contributed by atoms with Crippen molar-refractivity contribution in [1.29, 1.82) is 0 Å². The van der Waals surface area contributed by atoms with Gasteiger partial charge in [0.2, 0.25) is 0 Å². The van der Waals surface area contributed by atoms with Gasteiger partial charge in [-0.25, -0.2) is 4.79 Å². The van der Waals surface area contributed by atoms with Gasteiger partial charge in [0.25, 0.3) is 5.91 Å². The summed E-state index contributed by atoms with van der Waals surface area (Å²) in [6.07, 6.45) is 0. The van der Waals surface area contributed by atoms with Gasteiger partial charge < -0.3 is 15.0 Å². The highest BCUT2D eigenvalue weighted by atomic mass is 32.1. The summed E-state index contributed by atoms with van der Waals surface area (Å²) in [7, 11) is 0. The molecule has 0 aliphatic rings. The predicted molar refractivity (Wildman–Crippen MR) is 126 cm³/mol. The number of amides is 1. The normalized spacial score (nSPS) is 11.7. The Morgan fingerprint density at radius 3 is 2.39 bits per heavy atom. The Kier molecular flexibility index (Phi) is 7.98. The fourth-order valence-electron chi connectivity index (χ4n) is 3.40. The molecular formula is C25H29N2O3S+. The molecule has 0 aliphatic carbocycles. The van der Waals surface area contributed by atoms with E-state index in [0.29, 0.717) is 17.1 Å². The lowest BCUT2D eigenvalue weighted by molar-refractivity contribution is -0.903. The zero-order valence-corrected chi connectivity index (χ0v) is 19.1. The van der Waals surface area contributed by atoms with Gasteiger partial charge in [-0.05, 0) is 26.3 Å². The van der Waals surface area contributed by atoms with Gasteiger partial charge in [-0.1, -0.05) is 60.2 Å². The molecule has 0 saturated heterocycles. The fourth-order valence-corrected chi connectivity index (χ4v) is 4.37. The Bertz CT molecular complexity index is 1010. The summed E-state index contributed by atoms with van der Waals surface area (Å²) >= 11 is 1.35. The Balaban J connectivity index is 1.78. The number of ether oxygens (including phenoxy) is 1. The van der Waals surface area contributed by atoms with E-state index in [1.807, 2.05) is 54.8 Å². The molecule has 0 bridgehead atoms. The molecule has 5 nitrogen and oxygen atoms in total. The van der Waals surface area contributed by atoms with Crippen molar-refractivity contribution in [1.82, 2.24) is 0 Å². The highest BCUT2D eigenvalue weighted by Crippen LogP contribution is 2.36. The van der Waals surface area contributed by atoms with E-state index in [0.717, 1.165) is 34.7 Å². The van der Waals surface area contributed by atoms with Crippen molar-refractivity contribution in [2.75, 3.05) is 25.0 Å². The standard InChI is InChI=1S/C25H28N2O3S/c1-4-27(15-19-9-7-6-8-10-19)16-22(28)26-24-23(25(29)30-5-2)21(17-31-24)20-13-11-18(3)12-14-20/h6-14,17H,4-5,15-16H2,1-3H3,(H,26,28)/p+1. The second-order valence-corrected chi connectivity index (χ2v) is 8.31. The molecule has 0 radical (unpaired) electrons. The summed E-state index contributed by atoms with van der Waals surface area (Å²) in [5.41, 5.74) is 4.46. The van der Waals surface area contributed by atoms with E-state index >= 15 is 0 Å². The Morgan fingerprint density at radius 2 is 1.74 bits per heavy atom. The molecule has 2 N–H and O–H groups in total. The molecule has 162 valence electrons. The van der Waals surface area contributed by atoms with Crippen LogP contribution in [0.15, 0.2) is 60.0 Å². The largest absolute Gasteiger partial charge is 0.462 e. The van der Waals surface area contributed by atoms with E-state index in [9.17, 15) is 9.59 Å². The van der Waals surface area contributed by atoms with E-state index in [-0.39, 0.29) is 12.5 Å². The minimum Gasteiger partial charge on any atom is -0.462 e. The number of benzene rings is 2. The second-order valence-electron chi connectivity index (χ2n) is 7.43. The van der Waals surface area contributed by atoms with E-state index < -0.39 is 5.97 Å². The summed E-state index contributed by atoms with van der Waals surface area (Å²) in [4.78, 5) is 26.7. The number of hydrogen-bond acceptors (Lipinski definition) is 4. The maximum Gasteiger partial charge on any atom is 0.341 e. The number of esters is 1. The van der Waals surface area contributed by atoms with Crippen LogP contribution in [-0.2, 0) is 16.1 Å². The Morgan fingerprint density at radius 1 is 1.03 bits per heavy atom. The number of thiophene rings is 1. The topological polar surface area (TPSA) is 59.8 Å². The van der Waals surface area contributed by atoms with Gasteiger partial charge in [-0.2, -0.15) is 0 Å². The summed E-state index contributed by atoms with van der Waals surface area (Å²) in [6, 6.07) is 18.1. The molecule has 0 spiro atoms. The number of hydrogen-bond donors (Lipinski definition) is 2. The highest BCUT2D eigenvalue weighted by Gasteiger charge is 2.24. The minimum atomic E-state index is -0.418. The van der Waals surface area contributed by atoms with Crippen LogP contribution in [0.2, 0.25) is 0 Å². The summed E-state index contributed by atoms with van der Waals surface area (Å²) in [5.74, 6) is -0.533. The number of anilines is 1. The molecule has 1 amide bonds. The van der Waals surface area contributed by atoms with E-state index in [1.54, 1.807) is 6.92 Å². The van der Waals surface area contributed by atoms with Crippen molar-refractivity contribution >= 4 is 28.2 Å². The van der Waals surface area contributed by atoms with E-state index in [2.05, 4.69) is 24.4 Å². The molecule has 0 saturated carbocycles. The first-order valence-corrected chi connectivity index (χ1v) is 11.4. The third-order valence-corrected chi connectivity index (χ3v) is 5.99. The second kappa shape index (κ2) is 10.9. The highest BCUT2D eigenvalue weighted by molar-refractivity contribution is 7.15. The number of nitrogens with one attached hydrogen (secondary N) is 2. The summed E-state index contributed by atoms with van der Waals surface area (Å²) < 4.78 is 5.29. The molecule has 1 heterocycles. The molecule has 1 aromatic heterocycles. The number of quaternary nitrogens is 1. The van der Waals surface area contributed by atoms with Crippen molar-refractivity contribution in [3.8, 4) is 11.1 Å². The SMILES string of the molecule is CCOC(=O)c1c(-c2ccc(C)cc2)csc1NC(=O)C[NH+](CC)Cc1ccccc1. The van der Waals surface area contributed by atoms with Gasteiger partial charge in [0, 0.05) is 16.5 Å². The molecule has 2 aromatic carbocycles. The lowest BCUT2D eigenvalue weighted by atomic mass is 10.0. The van der Waals surface area contributed by atoms with Crippen LogP contribution in [0, 0.1) is 6.92 Å². The van der Waals surface area contributed by atoms with Gasteiger partial charge in [0.05, 0.1) is 13.2 Å². The van der Waals surface area contributed by atoms with Crippen LogP contribution in [0.5, 0.6) is 0 Å². The van der Waals surface area contributed by atoms with Gasteiger partial charge in [0.1, 0.15) is 17.1 Å². The first kappa shape index (κ1) is 22.7. The van der Waals surface area contributed by atoms with Crippen molar-refractivity contribution in [2.45, 2.75) is 27.3 Å². The minimum absolute atomic E-state index is 0.115. The van der Waals surface area contributed by atoms with Crippen molar-refractivity contribution in [3.05, 3.63) is 76.7 Å². The molecule has 31 heavy (non-hydrogen) atoms. The van der Waals surface area contributed by atoms with Crippen LogP contribution in [0.4, 0.5) is 5.00 Å². The smallest absolute Gasteiger partial charge is 0.341 e. The monoisotopic (exact) mass is 437 g/mol. The third-order valence-electron chi connectivity index (χ3n) is 5.09. The van der Waals surface area contributed by atoms with Crippen LogP contribution in [0.25, 0.3) is 11.1 Å². The number of carbonyl (C=O) groups excluding carboxylic acids is 2. The lowest BCUT2D eigenvalue weighted by Gasteiger charge is -2.17. The average molecular weight is 438 g/mol. The van der Waals surface area contributed by atoms with Crippen LogP contribution in [-0.4, -0.2) is 31.6 Å². The number of carbonyl (C=O) groups is 2. The van der Waals surface area contributed by atoms with Gasteiger partial charge >= 0.3 is 5.97 Å². The molecule has 3 rings (SSSR count). The maximum absolute atomic E-state index is 12.8. The summed E-state index contributed by atoms with van der Waals surface area (Å²) in [6.45, 7) is 8.06. The first-order valence-electron chi connectivity index (χ1n) is 10.5. The van der Waals surface area contributed by atoms with Crippen LogP contribution in [0.1, 0.15) is 35.3 Å². The van der Waals surface area contributed by atoms with Gasteiger partial charge in [-0.15, -0.1) is 11.3 Å². The number of aryl methyl sites for hydroxylation is 1. The van der Waals surface area contributed by atoms with E-state index in [4.69, 9.17) is 4.74 Å². The molecule has 6 heteroatoms. The average Bonchev–Trinajstić information content (AvgIpc) is 3.18. The summed E-state index contributed by atoms with van der Waals surface area (Å²) in [5, 5.41) is 5.40. The molecular weight excluding hydrogens is 408 g/mol. The molecule has 1 unspecified atom stereocenters. The first-order chi connectivity index (χ1) is 15.0. The molecule has 1 atom stereocenters. The van der Waals surface area contributed by atoms with Gasteiger partial charge in [0.15, 0.2) is 6.54 Å². The van der Waals surface area contributed by atoms with Crippen LogP contribution < -0.4 is 10.2 Å². The number of rotatable bonds is 9. The van der Waals surface area contributed by atoms with Crippen molar-refractivity contribution < 1.29 is 19.2 Å². The van der Waals surface area contributed by atoms with Gasteiger partial charge in [-0.3, -0.25) is 4.79 Å².